The van der Waals surface area contributed by atoms with Gasteiger partial charge in [-0.3, -0.25) is 14.9 Å². The predicted molar refractivity (Wildman–Crippen MR) is 88.5 cm³/mol. The molecule has 0 atom stereocenters. The van der Waals surface area contributed by atoms with Gasteiger partial charge in [0, 0.05) is 11.8 Å². The van der Waals surface area contributed by atoms with E-state index in [1.54, 1.807) is 17.2 Å². The number of hydrogen-bond acceptors (Lipinski definition) is 4. The van der Waals surface area contributed by atoms with E-state index in [2.05, 4.69) is 15.2 Å². The number of nitrogens with one attached hydrogen (secondary N) is 1. The number of pyridine rings is 1. The number of H-pyrrole nitrogens is 1. The lowest BCUT2D eigenvalue weighted by atomic mass is 10.1. The second-order valence-electron chi connectivity index (χ2n) is 5.56. The van der Waals surface area contributed by atoms with E-state index >= 15 is 0 Å². The summed E-state index contributed by atoms with van der Waals surface area (Å²) >= 11 is 0. The van der Waals surface area contributed by atoms with Crippen molar-refractivity contribution < 1.29 is 9.53 Å². The Balaban J connectivity index is 1.57. The average molecular weight is 320 g/mol. The smallest absolute Gasteiger partial charge is 0.272 e. The molecule has 0 spiro atoms. The Bertz CT molecular complexity index is 860. The van der Waals surface area contributed by atoms with Crippen molar-refractivity contribution in [3.05, 3.63) is 66.1 Å². The third kappa shape index (κ3) is 2.74. The van der Waals surface area contributed by atoms with E-state index in [0.29, 0.717) is 25.4 Å². The molecule has 1 N–H and O–H groups in total. The Labute approximate surface area is 139 Å². The number of rotatable bonds is 2. The second kappa shape index (κ2) is 6.16. The fourth-order valence-corrected chi connectivity index (χ4v) is 2.73. The molecule has 4 rings (SSSR count). The van der Waals surface area contributed by atoms with Crippen LogP contribution in [-0.4, -0.2) is 39.1 Å². The van der Waals surface area contributed by atoms with Crippen molar-refractivity contribution in [3.8, 4) is 17.0 Å². The van der Waals surface area contributed by atoms with Gasteiger partial charge in [0.25, 0.3) is 5.91 Å². The normalized spacial score (nSPS) is 13.8. The topological polar surface area (TPSA) is 71.1 Å². The first-order chi connectivity index (χ1) is 11.8. The van der Waals surface area contributed by atoms with E-state index in [4.69, 9.17) is 4.74 Å². The van der Waals surface area contributed by atoms with E-state index in [1.165, 1.54) is 0 Å². The fourth-order valence-electron chi connectivity index (χ4n) is 2.73. The maximum Gasteiger partial charge on any atom is 0.272 e. The zero-order valence-electron chi connectivity index (χ0n) is 13.0. The van der Waals surface area contributed by atoms with Crippen LogP contribution >= 0.6 is 0 Å². The Kier molecular flexibility index (Phi) is 3.70. The van der Waals surface area contributed by atoms with Crippen molar-refractivity contribution in [2.45, 2.75) is 6.54 Å². The van der Waals surface area contributed by atoms with Crippen LogP contribution in [0.4, 0.5) is 0 Å². The molecular weight excluding hydrogens is 304 g/mol. The third-order valence-corrected chi connectivity index (χ3v) is 3.97. The molecule has 3 aromatic rings. The minimum atomic E-state index is -0.105. The summed E-state index contributed by atoms with van der Waals surface area (Å²) in [5.74, 6) is 0.633. The third-order valence-electron chi connectivity index (χ3n) is 3.97. The Hall–Kier alpha value is -3.15. The monoisotopic (exact) mass is 320 g/mol. The summed E-state index contributed by atoms with van der Waals surface area (Å²) in [6, 6.07) is 15.2. The summed E-state index contributed by atoms with van der Waals surface area (Å²) in [4.78, 5) is 18.8. The molecule has 3 heterocycles. The molecule has 1 amide bonds. The summed E-state index contributed by atoms with van der Waals surface area (Å²) in [5, 5.41) is 7.09. The van der Waals surface area contributed by atoms with Crippen LogP contribution in [0.2, 0.25) is 0 Å². The Morgan fingerprint density at radius 3 is 2.92 bits per heavy atom. The highest BCUT2D eigenvalue weighted by atomic mass is 16.5. The maximum atomic E-state index is 12.8. The number of ether oxygens (including phenoxy) is 1. The van der Waals surface area contributed by atoms with Gasteiger partial charge >= 0.3 is 0 Å². The summed E-state index contributed by atoms with van der Waals surface area (Å²) in [5.41, 5.74) is 2.96. The molecule has 0 unspecified atom stereocenters. The van der Waals surface area contributed by atoms with Gasteiger partial charge in [-0.2, -0.15) is 5.10 Å². The van der Waals surface area contributed by atoms with E-state index in [1.807, 2.05) is 42.5 Å². The second-order valence-corrected chi connectivity index (χ2v) is 5.56. The van der Waals surface area contributed by atoms with Gasteiger partial charge in [0.15, 0.2) is 0 Å². The van der Waals surface area contributed by atoms with Crippen LogP contribution in [0.3, 0.4) is 0 Å². The van der Waals surface area contributed by atoms with Crippen molar-refractivity contribution in [2.24, 2.45) is 0 Å². The molecule has 6 nitrogen and oxygen atoms in total. The van der Waals surface area contributed by atoms with Crippen LogP contribution in [0.25, 0.3) is 11.3 Å². The van der Waals surface area contributed by atoms with Gasteiger partial charge in [-0.05, 0) is 18.2 Å². The molecule has 6 heteroatoms. The standard InChI is InChI=1S/C18H16N4O2/c23-18(15-11-14(20-21-15)13-5-2-1-3-6-13)22-9-10-24-17-7-4-8-19-16(17)12-22/h1-8,11H,9-10,12H2,(H,20,21). The lowest BCUT2D eigenvalue weighted by molar-refractivity contribution is 0.0726. The first kappa shape index (κ1) is 14.4. The molecule has 2 aromatic heterocycles. The maximum absolute atomic E-state index is 12.8. The highest BCUT2D eigenvalue weighted by Gasteiger charge is 2.23. The summed E-state index contributed by atoms with van der Waals surface area (Å²) in [6.07, 6.45) is 1.71. The molecule has 1 aliphatic heterocycles. The molecule has 1 aliphatic rings. The number of aromatic nitrogens is 3. The highest BCUT2D eigenvalue weighted by molar-refractivity contribution is 5.93. The minimum Gasteiger partial charge on any atom is -0.490 e. The summed E-state index contributed by atoms with van der Waals surface area (Å²) in [6.45, 7) is 1.38. The van der Waals surface area contributed by atoms with Crippen molar-refractivity contribution in [1.82, 2.24) is 20.1 Å². The van der Waals surface area contributed by atoms with E-state index in [9.17, 15) is 4.79 Å². The van der Waals surface area contributed by atoms with Gasteiger partial charge in [-0.1, -0.05) is 30.3 Å². The summed E-state index contributed by atoms with van der Waals surface area (Å²) in [7, 11) is 0. The van der Waals surface area contributed by atoms with Crippen LogP contribution in [0.15, 0.2) is 54.7 Å². The van der Waals surface area contributed by atoms with Crippen LogP contribution in [0, 0.1) is 0 Å². The number of carbonyl (C=O) groups is 1. The van der Waals surface area contributed by atoms with E-state index in [-0.39, 0.29) is 5.91 Å². The Morgan fingerprint density at radius 2 is 2.04 bits per heavy atom. The van der Waals surface area contributed by atoms with Crippen LogP contribution < -0.4 is 4.74 Å². The molecule has 24 heavy (non-hydrogen) atoms. The van der Waals surface area contributed by atoms with Gasteiger partial charge in [-0.25, -0.2) is 0 Å². The zero-order valence-corrected chi connectivity index (χ0v) is 13.0. The Morgan fingerprint density at radius 1 is 1.17 bits per heavy atom. The van der Waals surface area contributed by atoms with E-state index < -0.39 is 0 Å². The quantitative estimate of drug-likeness (QED) is 0.787. The molecule has 0 fully saturated rings. The van der Waals surface area contributed by atoms with Gasteiger partial charge < -0.3 is 9.64 Å². The average Bonchev–Trinajstić information content (AvgIpc) is 3.02. The minimum absolute atomic E-state index is 0.105. The van der Waals surface area contributed by atoms with Gasteiger partial charge in [-0.15, -0.1) is 0 Å². The van der Waals surface area contributed by atoms with Gasteiger partial charge in [0.2, 0.25) is 0 Å². The van der Waals surface area contributed by atoms with E-state index in [0.717, 1.165) is 22.7 Å². The van der Waals surface area contributed by atoms with Crippen molar-refractivity contribution in [1.29, 1.82) is 0 Å². The highest BCUT2D eigenvalue weighted by Crippen LogP contribution is 2.22. The fraction of sp³-hybridized carbons (Fsp3) is 0.167. The summed E-state index contributed by atoms with van der Waals surface area (Å²) < 4.78 is 5.66. The molecule has 1 aromatic carbocycles. The number of nitrogens with zero attached hydrogens (tertiary/aromatic N) is 3. The molecule has 0 saturated carbocycles. The van der Waals surface area contributed by atoms with Gasteiger partial charge in [0.1, 0.15) is 23.7 Å². The van der Waals surface area contributed by atoms with Crippen LogP contribution in [-0.2, 0) is 6.54 Å². The predicted octanol–water partition coefficient (Wildman–Crippen LogP) is 2.51. The van der Waals surface area contributed by atoms with Crippen molar-refractivity contribution >= 4 is 5.91 Å². The van der Waals surface area contributed by atoms with Crippen molar-refractivity contribution in [3.63, 3.8) is 0 Å². The molecule has 0 bridgehead atoms. The largest absolute Gasteiger partial charge is 0.490 e. The molecular formula is C18H16N4O2. The first-order valence-corrected chi connectivity index (χ1v) is 7.78. The van der Waals surface area contributed by atoms with Crippen molar-refractivity contribution in [2.75, 3.05) is 13.2 Å². The zero-order chi connectivity index (χ0) is 16.4. The van der Waals surface area contributed by atoms with Crippen LogP contribution in [0.5, 0.6) is 5.75 Å². The number of aromatic amines is 1. The van der Waals surface area contributed by atoms with Crippen LogP contribution in [0.1, 0.15) is 16.2 Å². The number of fused-ring (bicyclic) bond motifs is 1. The molecule has 0 aliphatic carbocycles. The number of carbonyl (C=O) groups excluding carboxylic acids is 1. The first-order valence-electron chi connectivity index (χ1n) is 7.78. The lowest BCUT2D eigenvalue weighted by Crippen LogP contribution is -2.32. The molecule has 0 saturated heterocycles. The molecule has 120 valence electrons. The lowest BCUT2D eigenvalue weighted by Gasteiger charge is -2.18. The number of hydrogen-bond donors (Lipinski definition) is 1. The molecule has 0 radical (unpaired) electrons. The van der Waals surface area contributed by atoms with Gasteiger partial charge in [0.05, 0.1) is 18.8 Å². The number of amides is 1. The number of benzene rings is 1. The SMILES string of the molecule is O=C(c1cc(-c2ccccc2)n[nH]1)N1CCOc2cccnc2C1.